The molecule has 0 bridgehead atoms. The first-order valence-electron chi connectivity index (χ1n) is 24.3. The summed E-state index contributed by atoms with van der Waals surface area (Å²) in [5.41, 5.74) is 14.0. The molecule has 8 aromatic rings. The Morgan fingerprint density at radius 1 is 0.656 bits per heavy atom. The van der Waals surface area contributed by atoms with Crippen molar-refractivity contribution in [2.24, 2.45) is 0 Å². The van der Waals surface area contributed by atoms with Gasteiger partial charge in [-0.1, -0.05) is 166 Å². The Morgan fingerprint density at radius 3 is 2.03 bits per heavy atom. The van der Waals surface area contributed by atoms with Crippen LogP contribution in [0.4, 0.5) is 0 Å². The summed E-state index contributed by atoms with van der Waals surface area (Å²) in [6.45, 7) is 20.4. The molecule has 0 saturated heterocycles. The fourth-order valence-corrected chi connectivity index (χ4v) is 8.72. The summed E-state index contributed by atoms with van der Waals surface area (Å²) in [6.07, 6.45) is 1.84. The number of rotatable bonds is 10. The number of aryl methyl sites for hydroxylation is 1. The fraction of sp³-hybridized carbons (Fsp3) is 0.288. The number of hydrogen-bond acceptors (Lipinski definition) is 3. The van der Waals surface area contributed by atoms with Crippen LogP contribution in [0.25, 0.3) is 72.7 Å². The van der Waals surface area contributed by atoms with Crippen molar-refractivity contribution in [3.63, 3.8) is 0 Å². The molecule has 4 nitrogen and oxygen atoms in total. The molecule has 1 N–H and O–H groups in total. The first-order valence-corrected chi connectivity index (χ1v) is 22.3. The fourth-order valence-electron chi connectivity index (χ4n) is 8.72. The topological polar surface area (TPSA) is 50.9 Å². The van der Waals surface area contributed by atoms with Crippen LogP contribution < -0.4 is 0 Å². The molecule has 2 aromatic heterocycles. The van der Waals surface area contributed by atoms with Crippen LogP contribution in [0.3, 0.4) is 0 Å². The molecule has 2 heterocycles. The van der Waals surface area contributed by atoms with E-state index in [2.05, 4.69) is 111 Å². The maximum absolute atomic E-state index is 12.3. The monoisotopic (exact) mass is 1030 g/mol. The number of imidazole rings is 1. The number of aromatic nitrogens is 3. The summed E-state index contributed by atoms with van der Waals surface area (Å²) in [7, 11) is 0. The molecule has 8 rings (SSSR count). The number of phenolic OH excluding ortho intramolecular Hbond substituents is 1. The molecule has 0 spiro atoms. The van der Waals surface area contributed by atoms with E-state index in [0.717, 1.165) is 72.5 Å². The van der Waals surface area contributed by atoms with E-state index in [-0.39, 0.29) is 55.5 Å². The van der Waals surface area contributed by atoms with Gasteiger partial charge in [0.05, 0.1) is 22.3 Å². The van der Waals surface area contributed by atoms with E-state index < -0.39 is 12.7 Å². The van der Waals surface area contributed by atoms with Gasteiger partial charge in [-0.05, 0) is 116 Å². The average Bonchev–Trinajstić information content (AvgIpc) is 3.67. The first kappa shape index (κ1) is 41.2. The Bertz CT molecular complexity index is 3130. The SMILES string of the molecule is [2H]C([2H])([2H])c1cc(-c2c(C(C)C)cccc2C([2H])(C)C)ccc1-n1c(-c2cc(C(C)C)cc(C(C)C)c2O)nc2c(-c3[c-]c(-c4cc(-c5ccccc5)ccn4)cc(C(C)(C)C)c3)cccc21.[Pt]. The third-order valence-corrected chi connectivity index (χ3v) is 12.3. The van der Waals surface area contributed by atoms with Crippen LogP contribution in [-0.4, -0.2) is 19.6 Å². The smallest absolute Gasteiger partial charge is 0.148 e. The molecule has 0 radical (unpaired) electrons. The van der Waals surface area contributed by atoms with E-state index in [1.807, 2.05) is 97.4 Å². The van der Waals surface area contributed by atoms with Crippen LogP contribution in [0.1, 0.15) is 139 Å². The van der Waals surface area contributed by atoms with Crippen LogP contribution in [0.5, 0.6) is 5.75 Å². The van der Waals surface area contributed by atoms with E-state index in [0.29, 0.717) is 28.1 Å². The van der Waals surface area contributed by atoms with E-state index in [1.54, 1.807) is 6.07 Å². The zero-order valence-corrected chi connectivity index (χ0v) is 41.2. The van der Waals surface area contributed by atoms with Gasteiger partial charge in [-0.25, -0.2) is 4.98 Å². The van der Waals surface area contributed by atoms with Crippen molar-refractivity contribution in [3.05, 3.63) is 167 Å². The predicted molar refractivity (Wildman–Crippen MR) is 266 cm³/mol. The van der Waals surface area contributed by atoms with Crippen LogP contribution in [-0.2, 0) is 26.5 Å². The predicted octanol–water partition coefficient (Wildman–Crippen LogP) is 16.4. The summed E-state index contributed by atoms with van der Waals surface area (Å²) in [4.78, 5) is 10.4. The van der Waals surface area contributed by atoms with E-state index in [9.17, 15) is 5.11 Å². The molecule has 330 valence electrons. The maximum Gasteiger partial charge on any atom is 0.148 e. The zero-order chi connectivity index (χ0) is 48.3. The van der Waals surface area contributed by atoms with Crippen LogP contribution in [0, 0.1) is 12.9 Å². The Hall–Kier alpha value is -5.57. The molecule has 0 unspecified atom stereocenters. The van der Waals surface area contributed by atoms with Gasteiger partial charge in [0.25, 0.3) is 0 Å². The average molecular weight is 1030 g/mol. The molecular formula is C59H62N3OPt-. The van der Waals surface area contributed by atoms with Crippen molar-refractivity contribution in [2.45, 2.75) is 112 Å². The molecule has 0 amide bonds. The standard InChI is InChI=1S/C59H62N3O.Pt/c1-35(2)43-32-50(38(7)8)57(63)51(33-43)58-61-56-49(44-29-45(31-46(30-44)59(10,11)12)52-34-41(26-27-60-52)40-18-14-13-15-19-40)22-17-23-54(56)62(58)53-25-24-42(28-39(53)9)55-47(36(3)4)20-16-21-48(55)37(5)6;/h13-28,30-38,63H,1-12H3;/q-1;/i9D3,36D;. The van der Waals surface area contributed by atoms with E-state index in [4.69, 9.17) is 15.5 Å². The van der Waals surface area contributed by atoms with E-state index in [1.165, 1.54) is 0 Å². The number of aromatic hydroxyl groups is 1. The molecular weight excluding hydrogens is 962 g/mol. The number of nitrogens with zero attached hydrogens (tertiary/aromatic N) is 3. The van der Waals surface area contributed by atoms with Gasteiger partial charge >= 0.3 is 0 Å². The molecule has 64 heavy (non-hydrogen) atoms. The van der Waals surface area contributed by atoms with E-state index >= 15 is 0 Å². The first-order chi connectivity index (χ1) is 31.5. The second-order valence-corrected chi connectivity index (χ2v) is 19.2. The van der Waals surface area contributed by atoms with Crippen molar-refractivity contribution in [3.8, 4) is 67.5 Å². The zero-order valence-electron chi connectivity index (χ0n) is 43.0. The molecule has 0 atom stereocenters. The summed E-state index contributed by atoms with van der Waals surface area (Å²) in [5, 5.41) is 12.3. The third-order valence-electron chi connectivity index (χ3n) is 12.3. The Balaban J connectivity index is 0.00000684. The molecule has 6 aromatic carbocycles. The molecule has 0 aliphatic heterocycles. The summed E-state index contributed by atoms with van der Waals surface area (Å²) >= 11 is 0. The van der Waals surface area contributed by atoms with Gasteiger partial charge in [-0.15, -0.1) is 29.3 Å². The van der Waals surface area contributed by atoms with Crippen molar-refractivity contribution in [1.29, 1.82) is 0 Å². The van der Waals surface area contributed by atoms with Crippen molar-refractivity contribution >= 4 is 11.0 Å². The van der Waals surface area contributed by atoms with Crippen LogP contribution >= 0.6 is 0 Å². The summed E-state index contributed by atoms with van der Waals surface area (Å²) in [5.74, 6) is -0.131. The maximum atomic E-state index is 12.3. The van der Waals surface area contributed by atoms with Gasteiger partial charge in [-0.3, -0.25) is 9.55 Å². The van der Waals surface area contributed by atoms with Gasteiger partial charge in [0.1, 0.15) is 11.6 Å². The van der Waals surface area contributed by atoms with Crippen LogP contribution in [0.2, 0.25) is 0 Å². The van der Waals surface area contributed by atoms with Gasteiger partial charge in [0, 0.05) is 38.4 Å². The Labute approximate surface area is 401 Å². The minimum absolute atomic E-state index is 0. The van der Waals surface area contributed by atoms with Crippen molar-refractivity contribution in [1.82, 2.24) is 14.5 Å². The number of para-hydroxylation sites is 1. The number of hydrogen-bond donors (Lipinski definition) is 1. The minimum Gasteiger partial charge on any atom is -0.507 e. The van der Waals surface area contributed by atoms with Gasteiger partial charge in [0.15, 0.2) is 0 Å². The molecule has 0 fully saturated rings. The summed E-state index contributed by atoms with van der Waals surface area (Å²) in [6, 6.07) is 44.3. The number of fused-ring (bicyclic) bond motifs is 1. The Kier molecular flexibility index (Phi) is 11.9. The van der Waals surface area contributed by atoms with Crippen molar-refractivity contribution < 1.29 is 31.7 Å². The number of pyridine rings is 1. The molecule has 5 heteroatoms. The molecule has 0 aliphatic rings. The molecule has 0 aliphatic carbocycles. The third kappa shape index (κ3) is 8.92. The van der Waals surface area contributed by atoms with Gasteiger partial charge in [0.2, 0.25) is 0 Å². The number of phenols is 1. The second-order valence-electron chi connectivity index (χ2n) is 19.2. The number of benzene rings is 6. The summed E-state index contributed by atoms with van der Waals surface area (Å²) < 4.78 is 38.5. The van der Waals surface area contributed by atoms with Crippen LogP contribution in [0.15, 0.2) is 128 Å². The largest absolute Gasteiger partial charge is 0.507 e. The second kappa shape index (κ2) is 18.5. The van der Waals surface area contributed by atoms with Gasteiger partial charge < -0.3 is 5.11 Å². The normalized spacial score (nSPS) is 13.2. The quantitative estimate of drug-likeness (QED) is 0.139. The van der Waals surface area contributed by atoms with Gasteiger partial charge in [-0.2, -0.15) is 0 Å². The minimum atomic E-state index is -2.56. The van der Waals surface area contributed by atoms with Crippen molar-refractivity contribution in [2.75, 3.05) is 0 Å². The Morgan fingerprint density at radius 2 is 1.36 bits per heavy atom. The molecule has 0 saturated carbocycles.